The maximum atomic E-state index is 5.35. The number of aromatic nitrogens is 1. The Kier molecular flexibility index (Phi) is 7.07. The van der Waals surface area contributed by atoms with Crippen molar-refractivity contribution >= 4 is 60.7 Å². The van der Waals surface area contributed by atoms with E-state index in [-0.39, 0.29) is 0 Å². The molecule has 0 amide bonds. The van der Waals surface area contributed by atoms with Crippen LogP contribution in [-0.4, -0.2) is 4.98 Å². The second kappa shape index (κ2) is 12.4. The molecule has 10 aromatic rings. The van der Waals surface area contributed by atoms with E-state index in [0.717, 1.165) is 27.8 Å². The summed E-state index contributed by atoms with van der Waals surface area (Å²) in [6, 6.07) is 70.3. The first-order valence-corrected chi connectivity index (χ1v) is 19.2. The van der Waals surface area contributed by atoms with E-state index in [1.54, 1.807) is 11.3 Å². The second-order valence-electron chi connectivity index (χ2n) is 13.9. The van der Waals surface area contributed by atoms with Crippen LogP contribution in [0.25, 0.3) is 86.8 Å². The molecule has 0 unspecified atom stereocenters. The van der Waals surface area contributed by atoms with Gasteiger partial charge in [-0.05, 0) is 80.2 Å². The molecule has 0 saturated heterocycles. The van der Waals surface area contributed by atoms with Gasteiger partial charge in [0.15, 0.2) is 0 Å². The molecule has 1 aromatic heterocycles. The minimum absolute atomic E-state index is 1.07. The Balaban J connectivity index is 1.06. The molecule has 0 aliphatic heterocycles. The normalized spacial score (nSPS) is 11.7. The highest BCUT2D eigenvalue weighted by atomic mass is 32.1. The summed E-state index contributed by atoms with van der Waals surface area (Å²) in [6.07, 6.45) is 0. The number of hydrogen-bond donors (Lipinski definition) is 0. The summed E-state index contributed by atoms with van der Waals surface area (Å²) in [7, 11) is 0. The van der Waals surface area contributed by atoms with Crippen molar-refractivity contribution in [2.75, 3.05) is 4.90 Å². The third-order valence-corrected chi connectivity index (χ3v) is 11.9. The van der Waals surface area contributed by atoms with Gasteiger partial charge in [-0.1, -0.05) is 158 Å². The zero-order chi connectivity index (χ0) is 35.6. The van der Waals surface area contributed by atoms with Gasteiger partial charge < -0.3 is 4.90 Å². The van der Waals surface area contributed by atoms with Gasteiger partial charge in [-0.25, -0.2) is 4.98 Å². The van der Waals surface area contributed by atoms with Gasteiger partial charge in [0.05, 0.1) is 16.3 Å². The van der Waals surface area contributed by atoms with Crippen molar-refractivity contribution in [3.05, 3.63) is 194 Å². The number of nitrogens with zero attached hydrogens (tertiary/aromatic N) is 2. The molecule has 2 nitrogen and oxygen atoms in total. The van der Waals surface area contributed by atoms with Crippen molar-refractivity contribution < 1.29 is 0 Å². The van der Waals surface area contributed by atoms with E-state index in [1.165, 1.54) is 76.1 Å². The number of hydrogen-bond acceptors (Lipinski definition) is 3. The smallest absolute Gasteiger partial charge is 0.125 e. The van der Waals surface area contributed by atoms with Crippen LogP contribution in [0.15, 0.2) is 194 Å². The van der Waals surface area contributed by atoms with Crippen molar-refractivity contribution in [1.82, 2.24) is 4.98 Å². The highest BCUT2D eigenvalue weighted by Gasteiger charge is 2.29. The highest BCUT2D eigenvalue weighted by molar-refractivity contribution is 7.19. The molecule has 1 aliphatic rings. The van der Waals surface area contributed by atoms with Crippen LogP contribution in [0.5, 0.6) is 0 Å². The fraction of sp³-hybridized carbons (Fsp3) is 0. The molecule has 1 aliphatic carbocycles. The molecule has 11 rings (SSSR count). The number of thiazole rings is 1. The van der Waals surface area contributed by atoms with Crippen LogP contribution in [0.4, 0.5) is 17.1 Å². The first kappa shape index (κ1) is 30.8. The van der Waals surface area contributed by atoms with E-state index >= 15 is 0 Å². The Morgan fingerprint density at radius 2 is 1.00 bits per heavy atom. The molecule has 1 heterocycles. The molecule has 0 bridgehead atoms. The van der Waals surface area contributed by atoms with Crippen LogP contribution in [0.1, 0.15) is 0 Å². The van der Waals surface area contributed by atoms with Gasteiger partial charge in [0.2, 0.25) is 0 Å². The zero-order valence-corrected chi connectivity index (χ0v) is 30.1. The van der Waals surface area contributed by atoms with Gasteiger partial charge in [-0.15, -0.1) is 11.3 Å². The monoisotopic (exact) mass is 704 g/mol. The largest absolute Gasteiger partial charge is 0.310 e. The quantitative estimate of drug-likeness (QED) is 0.171. The van der Waals surface area contributed by atoms with Crippen molar-refractivity contribution in [2.45, 2.75) is 0 Å². The fourth-order valence-electron chi connectivity index (χ4n) is 8.23. The van der Waals surface area contributed by atoms with Gasteiger partial charge in [0.1, 0.15) is 5.01 Å². The Hall–Kier alpha value is -6.81. The summed E-state index contributed by atoms with van der Waals surface area (Å²) >= 11 is 1.80. The van der Waals surface area contributed by atoms with E-state index in [4.69, 9.17) is 4.98 Å². The van der Waals surface area contributed by atoms with E-state index in [1.807, 2.05) is 0 Å². The van der Waals surface area contributed by atoms with Gasteiger partial charge in [-0.3, -0.25) is 0 Å². The molecule has 9 aromatic carbocycles. The molecule has 0 saturated carbocycles. The Bertz CT molecular complexity index is 3000. The van der Waals surface area contributed by atoms with Crippen molar-refractivity contribution in [1.29, 1.82) is 0 Å². The third-order valence-electron chi connectivity index (χ3n) is 10.8. The van der Waals surface area contributed by atoms with E-state index in [0.29, 0.717) is 0 Å². The maximum absolute atomic E-state index is 5.35. The van der Waals surface area contributed by atoms with E-state index in [9.17, 15) is 0 Å². The van der Waals surface area contributed by atoms with Crippen LogP contribution in [-0.2, 0) is 0 Å². The summed E-state index contributed by atoms with van der Waals surface area (Å²) in [4.78, 5) is 9.01. The number of fused-ring (bicyclic) bond motifs is 5. The van der Waals surface area contributed by atoms with E-state index in [2.05, 4.69) is 199 Å². The van der Waals surface area contributed by atoms with Crippen LogP contribution in [0.3, 0.4) is 0 Å². The maximum Gasteiger partial charge on any atom is 0.125 e. The SMILES string of the molecule is c1ccc(-c2ccc(N(c3ccc4cc(-c5ccccc5)ccc4c3)c3ccc4c5c(cccc35)-c3sc(-c5cccc6ccccc56)nc3-4)cc2)cc1. The molecule has 0 atom stereocenters. The van der Waals surface area contributed by atoms with Crippen LogP contribution in [0.2, 0.25) is 0 Å². The summed E-state index contributed by atoms with van der Waals surface area (Å²) in [5.41, 5.74) is 13.0. The van der Waals surface area contributed by atoms with Gasteiger partial charge >= 0.3 is 0 Å². The average Bonchev–Trinajstić information content (AvgIpc) is 3.81. The highest BCUT2D eigenvalue weighted by Crippen LogP contribution is 2.54. The molecule has 0 fully saturated rings. The lowest BCUT2D eigenvalue weighted by Crippen LogP contribution is -2.10. The predicted molar refractivity (Wildman–Crippen MR) is 230 cm³/mol. The lowest BCUT2D eigenvalue weighted by atomic mass is 9.99. The Morgan fingerprint density at radius 3 is 1.83 bits per heavy atom. The topological polar surface area (TPSA) is 16.1 Å². The predicted octanol–water partition coefficient (Wildman–Crippen LogP) is 14.7. The first-order valence-electron chi connectivity index (χ1n) is 18.4. The van der Waals surface area contributed by atoms with Crippen LogP contribution < -0.4 is 4.90 Å². The molecular weight excluding hydrogens is 673 g/mol. The average molecular weight is 705 g/mol. The van der Waals surface area contributed by atoms with Crippen molar-refractivity contribution in [3.8, 4) is 54.5 Å². The fourth-order valence-corrected chi connectivity index (χ4v) is 9.38. The molecule has 0 N–H and O–H groups in total. The number of benzene rings is 9. The van der Waals surface area contributed by atoms with Crippen molar-refractivity contribution in [2.24, 2.45) is 0 Å². The summed E-state index contributed by atoms with van der Waals surface area (Å²) in [5, 5.41) is 8.45. The Morgan fingerprint density at radius 1 is 0.389 bits per heavy atom. The standard InChI is InChI=1S/C51H32N2S/c1-3-11-33(12-4-1)35-23-26-40(27-24-35)53(41-28-25-38-31-37(21-22-39(38)32-41)34-13-5-2-6-14-34)47-30-29-45-48-44(47)19-10-20-46(48)50-49(45)52-51(54-50)43-18-9-16-36-15-7-8-17-42(36)43/h1-32H. The first-order chi connectivity index (χ1) is 26.8. The zero-order valence-electron chi connectivity index (χ0n) is 29.3. The number of rotatable bonds is 6. The Labute approximate surface area is 317 Å². The second-order valence-corrected chi connectivity index (χ2v) is 14.9. The number of anilines is 3. The molecule has 54 heavy (non-hydrogen) atoms. The summed E-state index contributed by atoms with van der Waals surface area (Å²) in [6.45, 7) is 0. The molecule has 0 spiro atoms. The molecular formula is C51H32N2S. The lowest BCUT2D eigenvalue weighted by Gasteiger charge is -2.28. The van der Waals surface area contributed by atoms with Crippen LogP contribution in [0, 0.1) is 0 Å². The van der Waals surface area contributed by atoms with Crippen molar-refractivity contribution in [3.63, 3.8) is 0 Å². The minimum Gasteiger partial charge on any atom is -0.310 e. The molecule has 3 heteroatoms. The third kappa shape index (κ3) is 4.97. The summed E-state index contributed by atoms with van der Waals surface area (Å²) < 4.78 is 0. The molecule has 252 valence electrons. The van der Waals surface area contributed by atoms with E-state index < -0.39 is 0 Å². The minimum atomic E-state index is 1.07. The molecule has 0 radical (unpaired) electrons. The van der Waals surface area contributed by atoms with Gasteiger partial charge in [-0.2, -0.15) is 0 Å². The van der Waals surface area contributed by atoms with Crippen LogP contribution >= 0.6 is 11.3 Å². The lowest BCUT2D eigenvalue weighted by molar-refractivity contribution is 1.30. The summed E-state index contributed by atoms with van der Waals surface area (Å²) in [5.74, 6) is 0. The van der Waals surface area contributed by atoms with Gasteiger partial charge in [0, 0.05) is 38.8 Å². The van der Waals surface area contributed by atoms with Gasteiger partial charge in [0.25, 0.3) is 0 Å².